The maximum atomic E-state index is 13.8. The summed E-state index contributed by atoms with van der Waals surface area (Å²) in [5.41, 5.74) is 4.10. The van der Waals surface area contributed by atoms with Gasteiger partial charge in [0.15, 0.2) is 0 Å². The molecule has 2 fully saturated rings. The third-order valence-corrected chi connectivity index (χ3v) is 8.84. The van der Waals surface area contributed by atoms with Crippen LogP contribution >= 0.6 is 0 Å². The van der Waals surface area contributed by atoms with Crippen LogP contribution < -0.4 is 15.5 Å². The van der Waals surface area contributed by atoms with Crippen molar-refractivity contribution in [3.63, 3.8) is 0 Å². The van der Waals surface area contributed by atoms with Gasteiger partial charge in [-0.05, 0) is 70.7 Å². The quantitative estimate of drug-likeness (QED) is 0.224. The van der Waals surface area contributed by atoms with Crippen molar-refractivity contribution in [3.05, 3.63) is 66.4 Å². The fraction of sp³-hybridized carbons (Fsp3) is 0.429. The number of nitrogens with one attached hydrogen (secondary N) is 2. The third kappa shape index (κ3) is 6.62. The van der Waals surface area contributed by atoms with Gasteiger partial charge < -0.3 is 25.2 Å². The minimum absolute atomic E-state index is 0.149. The second-order valence-electron chi connectivity index (χ2n) is 13.8. The fourth-order valence-electron chi connectivity index (χ4n) is 6.62. The van der Waals surface area contributed by atoms with Gasteiger partial charge in [-0.3, -0.25) is 19.1 Å². The minimum Gasteiger partial charge on any atom is -0.444 e. The largest absolute Gasteiger partial charge is 0.444 e. The molecule has 1 aliphatic carbocycles. The molecule has 1 saturated carbocycles. The van der Waals surface area contributed by atoms with Crippen LogP contribution in [0.4, 0.5) is 22.0 Å². The van der Waals surface area contributed by atoms with Gasteiger partial charge in [0, 0.05) is 98.3 Å². The normalized spacial score (nSPS) is 15.6. The predicted octanol–water partition coefficient (Wildman–Crippen LogP) is 5.48. The lowest BCUT2D eigenvalue weighted by atomic mass is 10.0. The van der Waals surface area contributed by atoms with Crippen LogP contribution in [-0.2, 0) is 25.4 Å². The highest BCUT2D eigenvalue weighted by atomic mass is 16.6. The highest BCUT2D eigenvalue weighted by Crippen LogP contribution is 2.36. The summed E-state index contributed by atoms with van der Waals surface area (Å²) in [6.07, 6.45) is 12.4. The van der Waals surface area contributed by atoms with E-state index in [1.807, 2.05) is 76.4 Å². The zero-order chi connectivity index (χ0) is 33.6. The number of nitrogens with zero attached hydrogens (tertiary/aromatic N) is 8. The Kier molecular flexibility index (Phi) is 8.14. The Bertz CT molecular complexity index is 1970. The first-order valence-corrected chi connectivity index (χ1v) is 16.5. The number of aryl methyl sites for hydroxylation is 2. The first kappa shape index (κ1) is 31.4. The Hall–Kier alpha value is -5.20. The molecule has 250 valence electrons. The average molecular weight is 651 g/mol. The van der Waals surface area contributed by atoms with Crippen molar-refractivity contribution in [3.8, 4) is 0 Å². The molecule has 1 saturated heterocycles. The molecule has 0 atom stereocenters. The van der Waals surface area contributed by atoms with Crippen molar-refractivity contribution in [2.24, 2.45) is 14.1 Å². The van der Waals surface area contributed by atoms with E-state index >= 15 is 0 Å². The van der Waals surface area contributed by atoms with Crippen molar-refractivity contribution >= 4 is 51.0 Å². The molecule has 0 radical (unpaired) electrons. The number of hydrogen-bond acceptors (Lipinski definition) is 9. The number of carbonyl (C=O) groups is 2. The lowest BCUT2D eigenvalue weighted by molar-refractivity contribution is 0.0114. The molecule has 13 heteroatoms. The van der Waals surface area contributed by atoms with Crippen LogP contribution in [0.25, 0.3) is 21.8 Å². The first-order chi connectivity index (χ1) is 23.0. The first-order valence-electron chi connectivity index (χ1n) is 16.5. The smallest absolute Gasteiger partial charge is 0.410 e. The number of amides is 2. The molecule has 13 nitrogen and oxygen atoms in total. The molecule has 5 aromatic rings. The molecular formula is C35H42N10O3. The molecule has 0 spiro atoms. The molecule has 2 aromatic carbocycles. The summed E-state index contributed by atoms with van der Waals surface area (Å²) in [6.45, 7) is 7.80. The van der Waals surface area contributed by atoms with Crippen LogP contribution in [0, 0.1) is 0 Å². The van der Waals surface area contributed by atoms with Crippen molar-refractivity contribution < 1.29 is 14.3 Å². The lowest BCUT2D eigenvalue weighted by Gasteiger charge is -2.40. The van der Waals surface area contributed by atoms with Crippen LogP contribution in [0.1, 0.15) is 62.4 Å². The Morgan fingerprint density at radius 1 is 0.958 bits per heavy atom. The summed E-state index contributed by atoms with van der Waals surface area (Å²) in [5, 5.41) is 17.6. The molecule has 0 unspecified atom stereocenters. The summed E-state index contributed by atoms with van der Waals surface area (Å²) in [5.74, 6) is 0.415. The number of aromatic nitrogens is 6. The summed E-state index contributed by atoms with van der Waals surface area (Å²) >= 11 is 0. The van der Waals surface area contributed by atoms with Gasteiger partial charge in [0.25, 0.3) is 5.91 Å². The summed E-state index contributed by atoms with van der Waals surface area (Å²) < 4.78 is 9.30. The highest BCUT2D eigenvalue weighted by Gasteiger charge is 2.41. The topological polar surface area (TPSA) is 135 Å². The van der Waals surface area contributed by atoms with Gasteiger partial charge in [-0.25, -0.2) is 9.78 Å². The Labute approximate surface area is 279 Å². The Morgan fingerprint density at radius 3 is 2.40 bits per heavy atom. The molecule has 3 aromatic heterocycles. The van der Waals surface area contributed by atoms with Gasteiger partial charge in [-0.15, -0.1) is 0 Å². The second kappa shape index (κ2) is 12.4. The minimum atomic E-state index is -0.520. The number of fused-ring (bicyclic) bond motifs is 2. The number of hydrogen-bond donors (Lipinski definition) is 2. The van der Waals surface area contributed by atoms with E-state index in [9.17, 15) is 9.59 Å². The molecule has 2 N–H and O–H groups in total. The number of carbonyl (C=O) groups excluding carboxylic acids is 2. The molecular weight excluding hydrogens is 608 g/mol. The van der Waals surface area contributed by atoms with E-state index in [0.29, 0.717) is 29.1 Å². The van der Waals surface area contributed by atoms with E-state index in [1.165, 1.54) is 0 Å². The average Bonchev–Trinajstić information content (AvgIpc) is 3.67. The van der Waals surface area contributed by atoms with Crippen LogP contribution in [0.2, 0.25) is 0 Å². The zero-order valence-corrected chi connectivity index (χ0v) is 28.1. The number of ether oxygens (including phenoxy) is 1. The Balaban J connectivity index is 1.09. The summed E-state index contributed by atoms with van der Waals surface area (Å²) in [7, 11) is 3.75. The second-order valence-corrected chi connectivity index (χ2v) is 13.8. The SMILES string of the molecule is Cn1cc2cc(NC(=O)c3ccc(N4CCC(N(C(=O)OC(C)(C)C)C5CC5)CC4)c4cn(C)nc34)cc(CNc3cnccn3)c2n1. The predicted molar refractivity (Wildman–Crippen MR) is 185 cm³/mol. The number of rotatable bonds is 8. The molecule has 1 aliphatic heterocycles. The highest BCUT2D eigenvalue weighted by molar-refractivity contribution is 6.14. The summed E-state index contributed by atoms with van der Waals surface area (Å²) in [4.78, 5) is 39.7. The number of anilines is 3. The number of piperidine rings is 1. The Morgan fingerprint density at radius 2 is 1.69 bits per heavy atom. The van der Waals surface area contributed by atoms with E-state index < -0.39 is 5.60 Å². The molecule has 2 amide bonds. The van der Waals surface area contributed by atoms with Gasteiger partial charge in [0.1, 0.15) is 16.9 Å². The van der Waals surface area contributed by atoms with Crippen LogP contribution in [-0.4, -0.2) is 77.2 Å². The molecule has 4 heterocycles. The fourth-order valence-corrected chi connectivity index (χ4v) is 6.62. The summed E-state index contributed by atoms with van der Waals surface area (Å²) in [6, 6.07) is 8.18. The third-order valence-electron chi connectivity index (χ3n) is 8.84. The molecule has 48 heavy (non-hydrogen) atoms. The van der Waals surface area contributed by atoms with E-state index in [2.05, 4.69) is 30.6 Å². The lowest BCUT2D eigenvalue weighted by Crippen LogP contribution is -2.50. The van der Waals surface area contributed by atoms with Gasteiger partial charge in [-0.2, -0.15) is 10.2 Å². The van der Waals surface area contributed by atoms with E-state index in [0.717, 1.165) is 66.3 Å². The van der Waals surface area contributed by atoms with Crippen molar-refractivity contribution in [2.75, 3.05) is 28.6 Å². The van der Waals surface area contributed by atoms with Crippen molar-refractivity contribution in [1.29, 1.82) is 0 Å². The van der Waals surface area contributed by atoms with Crippen LogP contribution in [0.5, 0.6) is 0 Å². The molecule has 2 aliphatic rings. The van der Waals surface area contributed by atoms with Crippen molar-refractivity contribution in [1.82, 2.24) is 34.4 Å². The zero-order valence-electron chi connectivity index (χ0n) is 28.1. The molecule has 7 rings (SSSR count). The maximum absolute atomic E-state index is 13.8. The van der Waals surface area contributed by atoms with Gasteiger partial charge >= 0.3 is 6.09 Å². The van der Waals surface area contributed by atoms with E-state index in [-0.39, 0.29) is 24.1 Å². The van der Waals surface area contributed by atoms with Gasteiger partial charge in [-0.1, -0.05) is 0 Å². The van der Waals surface area contributed by atoms with E-state index in [1.54, 1.807) is 28.0 Å². The van der Waals surface area contributed by atoms with E-state index in [4.69, 9.17) is 9.84 Å². The van der Waals surface area contributed by atoms with Crippen LogP contribution in [0.15, 0.2) is 55.2 Å². The molecule has 0 bridgehead atoms. The maximum Gasteiger partial charge on any atom is 0.410 e. The monoisotopic (exact) mass is 650 g/mol. The van der Waals surface area contributed by atoms with Gasteiger partial charge in [0.2, 0.25) is 0 Å². The standard InChI is InChI=1S/C35H42N10O3/c1-35(2,3)48-34(47)45(25-6-7-25)26-10-14-44(15-11-26)29-9-8-27(32-28(29)21-43(5)41-32)33(46)39-24-16-22(18-38-30-19-36-12-13-37-30)31-23(17-24)20-42(4)40-31/h8-9,12-13,16-17,19-21,25-26H,6-7,10-11,14-15,18H2,1-5H3,(H,37,38)(H,39,46). The number of benzene rings is 2. The van der Waals surface area contributed by atoms with Crippen LogP contribution in [0.3, 0.4) is 0 Å². The van der Waals surface area contributed by atoms with Gasteiger partial charge in [0.05, 0.1) is 17.3 Å². The van der Waals surface area contributed by atoms with Crippen molar-refractivity contribution in [2.45, 2.75) is 70.7 Å².